The standard InChI is InChI=1S/C53H43IN4/c1-3-4-6-23-45(54)36-28-30-37(31-29-36)46-34-47(56-53(55-46)38-17-7-5-8-18-38)44-32-39(57-48-24-13-9-19-40(48)41-20-10-14-25-49(41)57)33-52(35(44)2)58-50-26-15-11-21-42(50)43-22-12-16-27-51(43)58/h3-30,32-35,37,45,52H,31H2,1-2H3/b4-3-,23-6-. The van der Waals surface area contributed by atoms with Gasteiger partial charge >= 0.3 is 0 Å². The lowest BCUT2D eigenvalue weighted by Crippen LogP contribution is -2.22. The third kappa shape index (κ3) is 6.38. The van der Waals surface area contributed by atoms with Crippen LogP contribution in [0.2, 0.25) is 0 Å². The van der Waals surface area contributed by atoms with Gasteiger partial charge in [-0.15, -0.1) is 0 Å². The molecule has 0 bridgehead atoms. The molecule has 2 aliphatic rings. The largest absolute Gasteiger partial charge is 0.333 e. The van der Waals surface area contributed by atoms with Crippen molar-refractivity contribution in [3.63, 3.8) is 0 Å². The summed E-state index contributed by atoms with van der Waals surface area (Å²) in [5, 5.41) is 5.04. The summed E-state index contributed by atoms with van der Waals surface area (Å²) in [5.74, 6) is 0.974. The molecule has 4 unspecified atom stereocenters. The van der Waals surface area contributed by atoms with Gasteiger partial charge in [0.05, 0.1) is 32.4 Å². The Morgan fingerprint density at radius 1 is 0.707 bits per heavy atom. The van der Waals surface area contributed by atoms with E-state index >= 15 is 0 Å². The number of hydrogen-bond acceptors (Lipinski definition) is 2. The van der Waals surface area contributed by atoms with Crippen LogP contribution in [0.1, 0.15) is 43.6 Å². The number of rotatable bonds is 8. The Hall–Kier alpha value is -6.05. The fourth-order valence-corrected chi connectivity index (χ4v) is 9.73. The number of hydrogen-bond donors (Lipinski definition) is 0. The summed E-state index contributed by atoms with van der Waals surface area (Å²) in [4.78, 5) is 10.8. The van der Waals surface area contributed by atoms with Crippen molar-refractivity contribution in [1.29, 1.82) is 0 Å². The van der Waals surface area contributed by atoms with Crippen LogP contribution in [0.25, 0.3) is 66.3 Å². The topological polar surface area (TPSA) is 35.6 Å². The van der Waals surface area contributed by atoms with Gasteiger partial charge in [-0.05, 0) is 67.0 Å². The van der Waals surface area contributed by atoms with E-state index in [1.165, 1.54) is 54.8 Å². The van der Waals surface area contributed by atoms with Gasteiger partial charge in [-0.3, -0.25) is 0 Å². The van der Waals surface area contributed by atoms with Gasteiger partial charge in [0.1, 0.15) is 0 Å². The molecule has 3 heterocycles. The second-order valence-electron chi connectivity index (χ2n) is 15.3. The first-order chi connectivity index (χ1) is 28.6. The second kappa shape index (κ2) is 15.4. The van der Waals surface area contributed by atoms with Gasteiger partial charge in [-0.1, -0.05) is 175 Å². The van der Waals surface area contributed by atoms with Gasteiger partial charge in [0.2, 0.25) is 0 Å². The van der Waals surface area contributed by atoms with Crippen LogP contribution in [0.3, 0.4) is 0 Å². The van der Waals surface area contributed by atoms with Gasteiger partial charge in [0.25, 0.3) is 0 Å². The van der Waals surface area contributed by atoms with Gasteiger partial charge in [0, 0.05) is 55.7 Å². The molecule has 8 aromatic rings. The van der Waals surface area contributed by atoms with Gasteiger partial charge in [0.15, 0.2) is 5.82 Å². The second-order valence-corrected chi connectivity index (χ2v) is 16.7. The van der Waals surface area contributed by atoms with Crippen molar-refractivity contribution in [3.05, 3.63) is 205 Å². The monoisotopic (exact) mass is 862 g/mol. The van der Waals surface area contributed by atoms with Crippen LogP contribution in [0.5, 0.6) is 0 Å². The van der Waals surface area contributed by atoms with Gasteiger partial charge in [-0.2, -0.15) is 0 Å². The normalized spacial score (nSPS) is 19.1. The molecule has 282 valence electrons. The van der Waals surface area contributed by atoms with E-state index < -0.39 is 0 Å². The van der Waals surface area contributed by atoms with Crippen LogP contribution >= 0.6 is 22.6 Å². The summed E-state index contributed by atoms with van der Waals surface area (Å²) in [6.45, 7) is 4.42. The third-order valence-corrected chi connectivity index (χ3v) is 13.0. The third-order valence-electron chi connectivity index (χ3n) is 11.9. The number of aromatic nitrogens is 4. The van der Waals surface area contributed by atoms with E-state index in [2.05, 4.69) is 227 Å². The smallest absolute Gasteiger partial charge is 0.160 e. The quantitative estimate of drug-likeness (QED) is 0.0867. The van der Waals surface area contributed by atoms with Crippen molar-refractivity contribution in [2.24, 2.45) is 5.92 Å². The molecule has 2 aliphatic carbocycles. The Bertz CT molecular complexity index is 2940. The molecule has 0 fully saturated rings. The maximum Gasteiger partial charge on any atom is 0.160 e. The van der Waals surface area contributed by atoms with E-state index in [0.717, 1.165) is 34.9 Å². The van der Waals surface area contributed by atoms with E-state index in [-0.39, 0.29) is 17.9 Å². The number of para-hydroxylation sites is 4. The van der Waals surface area contributed by atoms with Crippen molar-refractivity contribution in [1.82, 2.24) is 19.1 Å². The van der Waals surface area contributed by atoms with E-state index in [0.29, 0.717) is 3.92 Å². The summed E-state index contributed by atoms with van der Waals surface area (Å²) < 4.78 is 5.33. The zero-order valence-electron chi connectivity index (χ0n) is 32.6. The molecule has 0 N–H and O–H groups in total. The number of alkyl halides is 1. The van der Waals surface area contributed by atoms with Gasteiger partial charge < -0.3 is 9.13 Å². The maximum absolute atomic E-state index is 5.46. The predicted molar refractivity (Wildman–Crippen MR) is 253 cm³/mol. The average Bonchev–Trinajstić information content (AvgIpc) is 3.80. The van der Waals surface area contributed by atoms with Crippen LogP contribution < -0.4 is 0 Å². The van der Waals surface area contributed by atoms with Crippen molar-refractivity contribution in [2.45, 2.75) is 36.2 Å². The van der Waals surface area contributed by atoms with Crippen molar-refractivity contribution in [2.75, 3.05) is 0 Å². The minimum Gasteiger partial charge on any atom is -0.333 e. The molecule has 4 atom stereocenters. The molecule has 0 aliphatic heterocycles. The summed E-state index contributed by atoms with van der Waals surface area (Å²) in [5.41, 5.74) is 11.5. The Labute approximate surface area is 353 Å². The Morgan fingerprint density at radius 2 is 1.29 bits per heavy atom. The number of fused-ring (bicyclic) bond motifs is 6. The highest BCUT2D eigenvalue weighted by Crippen LogP contribution is 2.45. The molecule has 0 saturated carbocycles. The van der Waals surface area contributed by atoms with Crippen molar-refractivity contribution >= 4 is 77.5 Å². The molecule has 0 saturated heterocycles. The predicted octanol–water partition coefficient (Wildman–Crippen LogP) is 14.1. The lowest BCUT2D eigenvalue weighted by atomic mass is 9.84. The fraction of sp³-hybridized carbons (Fsp3) is 0.132. The van der Waals surface area contributed by atoms with Crippen LogP contribution in [-0.4, -0.2) is 23.0 Å². The van der Waals surface area contributed by atoms with Crippen LogP contribution in [0.4, 0.5) is 0 Å². The van der Waals surface area contributed by atoms with E-state index in [1.54, 1.807) is 0 Å². The Balaban J connectivity index is 1.18. The highest BCUT2D eigenvalue weighted by Gasteiger charge is 2.32. The first kappa shape index (κ1) is 36.3. The molecule has 4 nitrogen and oxygen atoms in total. The summed E-state index contributed by atoms with van der Waals surface area (Å²) >= 11 is 2.52. The lowest BCUT2D eigenvalue weighted by Gasteiger charge is -2.32. The highest BCUT2D eigenvalue weighted by molar-refractivity contribution is 14.1. The molecular weight excluding hydrogens is 820 g/mol. The minimum absolute atomic E-state index is 0.00502. The number of benzene rings is 5. The molecule has 0 spiro atoms. The summed E-state index contributed by atoms with van der Waals surface area (Å²) in [6, 6.07) is 48.0. The zero-order valence-corrected chi connectivity index (χ0v) is 34.7. The van der Waals surface area contributed by atoms with Crippen molar-refractivity contribution in [3.8, 4) is 11.4 Å². The highest BCUT2D eigenvalue weighted by atomic mass is 127. The molecule has 58 heavy (non-hydrogen) atoms. The van der Waals surface area contributed by atoms with E-state index in [4.69, 9.17) is 9.97 Å². The maximum atomic E-state index is 5.46. The molecular formula is C53H43IN4. The first-order valence-electron chi connectivity index (χ1n) is 20.2. The SMILES string of the molecule is C/C=C\C=C/C(I)C1=CCC(c2cc(C3=CC(n4c5ccccc5c5ccccc54)=CC(n4c5ccccc5c5ccccc54)C3C)nc(-c3ccccc3)n2)C=C1. The van der Waals surface area contributed by atoms with Gasteiger partial charge in [-0.25, -0.2) is 9.97 Å². The summed E-state index contributed by atoms with van der Waals surface area (Å²) in [6.07, 6.45) is 21.3. The Kier molecular flexibility index (Phi) is 9.62. The van der Waals surface area contributed by atoms with Crippen molar-refractivity contribution < 1.29 is 0 Å². The lowest BCUT2D eigenvalue weighted by molar-refractivity contribution is 0.522. The minimum atomic E-state index is -0.00502. The number of nitrogens with zero attached hydrogens (tertiary/aromatic N) is 4. The fourth-order valence-electron chi connectivity index (χ4n) is 9.03. The molecule has 10 rings (SSSR count). The number of allylic oxidation sites excluding steroid dienone is 12. The average molecular weight is 863 g/mol. The Morgan fingerprint density at radius 3 is 1.90 bits per heavy atom. The van der Waals surface area contributed by atoms with E-state index in [9.17, 15) is 0 Å². The van der Waals surface area contributed by atoms with Crippen LogP contribution in [-0.2, 0) is 0 Å². The number of halogens is 1. The zero-order chi connectivity index (χ0) is 39.2. The van der Waals surface area contributed by atoms with Crippen LogP contribution in [0, 0.1) is 5.92 Å². The summed E-state index contributed by atoms with van der Waals surface area (Å²) in [7, 11) is 0. The van der Waals surface area contributed by atoms with Crippen LogP contribution in [0.15, 0.2) is 194 Å². The molecule has 5 heteroatoms. The molecule has 0 amide bonds. The first-order valence-corrected chi connectivity index (χ1v) is 21.5. The van der Waals surface area contributed by atoms with E-state index in [1.807, 2.05) is 6.92 Å². The molecule has 0 radical (unpaired) electrons. The molecule has 5 aromatic carbocycles. The molecule has 3 aromatic heterocycles.